The summed E-state index contributed by atoms with van der Waals surface area (Å²) >= 11 is 6.75. The number of aromatic hydroxyl groups is 1. The van der Waals surface area contributed by atoms with E-state index in [9.17, 15) is 5.11 Å². The van der Waals surface area contributed by atoms with Crippen molar-refractivity contribution in [3.05, 3.63) is 94.8 Å². The van der Waals surface area contributed by atoms with Gasteiger partial charge < -0.3 is 9.84 Å². The van der Waals surface area contributed by atoms with E-state index in [1.54, 1.807) is 10.7 Å². The fraction of sp³-hybridized carbons (Fsp3) is 0.241. The quantitative estimate of drug-likeness (QED) is 0.425. The molecule has 3 aliphatic rings. The fourth-order valence-corrected chi connectivity index (χ4v) is 5.26. The Hall–Kier alpha value is -3.57. The number of hydrogen-bond donors (Lipinski definition) is 1. The van der Waals surface area contributed by atoms with Gasteiger partial charge in [0, 0.05) is 23.3 Å². The maximum absolute atomic E-state index is 10.9. The molecule has 5 nitrogen and oxygen atoms in total. The molecule has 0 bridgehead atoms. The van der Waals surface area contributed by atoms with E-state index in [4.69, 9.17) is 16.3 Å². The monoisotopic (exact) mass is 483 g/mol. The summed E-state index contributed by atoms with van der Waals surface area (Å²) in [6.45, 7) is 6.35. The van der Waals surface area contributed by atoms with Gasteiger partial charge in [-0.15, -0.1) is 5.10 Å². The van der Waals surface area contributed by atoms with Gasteiger partial charge in [0.15, 0.2) is 5.76 Å². The fourth-order valence-electron chi connectivity index (χ4n) is 5.01. The van der Waals surface area contributed by atoms with Crippen LogP contribution in [0.2, 0.25) is 0 Å². The molecule has 1 aliphatic heterocycles. The molecule has 1 aromatic heterocycles. The highest BCUT2D eigenvalue weighted by Crippen LogP contribution is 2.47. The zero-order valence-electron chi connectivity index (χ0n) is 19.5. The summed E-state index contributed by atoms with van der Waals surface area (Å²) in [4.78, 5) is 0. The van der Waals surface area contributed by atoms with Crippen molar-refractivity contribution in [3.63, 3.8) is 0 Å². The molecule has 2 aliphatic carbocycles. The number of hydrogen-bond acceptors (Lipinski definition) is 4. The van der Waals surface area contributed by atoms with Gasteiger partial charge in [0.2, 0.25) is 0 Å². The number of fused-ring (bicyclic) bond motifs is 2. The van der Waals surface area contributed by atoms with Gasteiger partial charge in [-0.2, -0.15) is 0 Å². The van der Waals surface area contributed by atoms with Crippen LogP contribution in [0, 0.1) is 11.8 Å². The zero-order chi connectivity index (χ0) is 24.1. The van der Waals surface area contributed by atoms with Gasteiger partial charge in [0.05, 0.1) is 21.8 Å². The van der Waals surface area contributed by atoms with E-state index in [0.717, 1.165) is 22.5 Å². The molecule has 1 unspecified atom stereocenters. The molecule has 2 aromatic carbocycles. The molecule has 2 heterocycles. The lowest BCUT2D eigenvalue weighted by molar-refractivity contribution is 0.278. The molecule has 6 heteroatoms. The molecular formula is C29H26ClN3O2. The topological polar surface area (TPSA) is 60.2 Å². The third-order valence-electron chi connectivity index (χ3n) is 7.33. The van der Waals surface area contributed by atoms with E-state index >= 15 is 0 Å². The van der Waals surface area contributed by atoms with Gasteiger partial charge in [-0.25, -0.2) is 4.68 Å². The van der Waals surface area contributed by atoms with Crippen LogP contribution in [-0.2, 0) is 0 Å². The molecule has 0 radical (unpaired) electrons. The summed E-state index contributed by atoms with van der Waals surface area (Å²) in [5, 5.41) is 19.8. The first-order valence-electron chi connectivity index (χ1n) is 12.0. The summed E-state index contributed by atoms with van der Waals surface area (Å²) in [5.41, 5.74) is 5.48. The van der Waals surface area contributed by atoms with Crippen LogP contribution in [0.4, 0.5) is 0 Å². The molecular weight excluding hydrogens is 458 g/mol. The van der Waals surface area contributed by atoms with E-state index in [0.29, 0.717) is 39.3 Å². The molecule has 0 amide bonds. The van der Waals surface area contributed by atoms with E-state index in [1.807, 2.05) is 30.3 Å². The highest BCUT2D eigenvalue weighted by Gasteiger charge is 2.29. The van der Waals surface area contributed by atoms with E-state index in [2.05, 4.69) is 48.1 Å². The Morgan fingerprint density at radius 3 is 2.83 bits per heavy atom. The normalized spacial score (nSPS) is 20.2. The SMILES string of the molecule is C=C1C(Cl)=C(C2=CC=C(C)C(CC3CCC3)C=C2)Oc2cc(-n3nnc4ccccc43)cc(O)c21. The van der Waals surface area contributed by atoms with Crippen molar-refractivity contribution in [1.82, 2.24) is 15.0 Å². The first kappa shape index (κ1) is 21.9. The molecule has 3 aromatic rings. The van der Waals surface area contributed by atoms with Gasteiger partial charge in [-0.1, -0.05) is 84.7 Å². The second-order valence-corrected chi connectivity index (χ2v) is 9.96. The van der Waals surface area contributed by atoms with Crippen molar-refractivity contribution in [3.8, 4) is 17.2 Å². The van der Waals surface area contributed by atoms with Crippen LogP contribution >= 0.6 is 11.6 Å². The Labute approximate surface area is 209 Å². The Morgan fingerprint density at radius 2 is 2.03 bits per heavy atom. The molecule has 1 fully saturated rings. The van der Waals surface area contributed by atoms with Crippen molar-refractivity contribution >= 4 is 28.2 Å². The third kappa shape index (κ3) is 3.80. The van der Waals surface area contributed by atoms with Crippen molar-refractivity contribution in [1.29, 1.82) is 0 Å². The second-order valence-electron chi connectivity index (χ2n) is 9.58. The van der Waals surface area contributed by atoms with E-state index in [1.165, 1.54) is 31.3 Å². The molecule has 176 valence electrons. The number of phenolic OH excluding ortho intramolecular Hbond substituents is 1. The number of rotatable bonds is 4. The van der Waals surface area contributed by atoms with Gasteiger partial charge in [-0.3, -0.25) is 0 Å². The van der Waals surface area contributed by atoms with Gasteiger partial charge in [0.25, 0.3) is 0 Å². The first-order valence-corrected chi connectivity index (χ1v) is 12.4. The minimum atomic E-state index is 0.0287. The highest BCUT2D eigenvalue weighted by atomic mass is 35.5. The van der Waals surface area contributed by atoms with Crippen molar-refractivity contribution in [2.75, 3.05) is 0 Å². The van der Waals surface area contributed by atoms with E-state index < -0.39 is 0 Å². The molecule has 6 rings (SSSR count). The van der Waals surface area contributed by atoms with Crippen LogP contribution in [0.1, 0.15) is 38.2 Å². The molecule has 0 saturated heterocycles. The lowest BCUT2D eigenvalue weighted by atomic mass is 9.77. The molecule has 0 spiro atoms. The summed E-state index contributed by atoms with van der Waals surface area (Å²) in [6, 6.07) is 11.1. The maximum atomic E-state index is 10.9. The number of benzene rings is 2. The first-order chi connectivity index (χ1) is 17.0. The van der Waals surface area contributed by atoms with Crippen LogP contribution in [0.25, 0.3) is 22.3 Å². The Morgan fingerprint density at radius 1 is 1.20 bits per heavy atom. The number of nitrogens with zero attached hydrogens (tertiary/aromatic N) is 3. The number of ether oxygens (including phenoxy) is 1. The smallest absolute Gasteiger partial charge is 0.153 e. The van der Waals surface area contributed by atoms with Crippen LogP contribution in [-0.4, -0.2) is 20.1 Å². The number of halogens is 1. The van der Waals surface area contributed by atoms with Crippen LogP contribution < -0.4 is 4.74 Å². The summed E-state index contributed by atoms with van der Waals surface area (Å²) in [5.74, 6) is 2.29. The van der Waals surface area contributed by atoms with Gasteiger partial charge in [0.1, 0.15) is 17.0 Å². The molecule has 35 heavy (non-hydrogen) atoms. The van der Waals surface area contributed by atoms with Crippen molar-refractivity contribution < 1.29 is 9.84 Å². The lowest BCUT2D eigenvalue weighted by Crippen LogP contribution is -2.15. The van der Waals surface area contributed by atoms with Crippen molar-refractivity contribution in [2.24, 2.45) is 11.8 Å². The van der Waals surface area contributed by atoms with Crippen LogP contribution in [0.15, 0.2) is 89.2 Å². The van der Waals surface area contributed by atoms with E-state index in [-0.39, 0.29) is 5.75 Å². The largest absolute Gasteiger partial charge is 0.507 e. The Kier molecular flexibility index (Phi) is 5.37. The summed E-state index contributed by atoms with van der Waals surface area (Å²) in [7, 11) is 0. The number of aromatic nitrogens is 3. The Bertz CT molecular complexity index is 1490. The Balaban J connectivity index is 1.36. The summed E-state index contributed by atoms with van der Waals surface area (Å²) in [6.07, 6.45) is 13.8. The number of phenols is 1. The van der Waals surface area contributed by atoms with Crippen molar-refractivity contribution in [2.45, 2.75) is 32.6 Å². The minimum absolute atomic E-state index is 0.0287. The van der Waals surface area contributed by atoms with Gasteiger partial charge in [-0.05, 0) is 37.3 Å². The standard InChI is InChI=1S/C29H26ClN3O2/c1-17-10-11-20(12-13-21(17)14-19-6-5-7-19)29-28(30)18(2)27-25(34)15-22(16-26(27)35-29)33-24-9-4-3-8-23(24)31-32-33/h3-4,8-13,15-16,19,21,34H,2,5-7,14H2,1H3. The maximum Gasteiger partial charge on any atom is 0.153 e. The van der Waals surface area contributed by atoms with Gasteiger partial charge >= 0.3 is 0 Å². The number of para-hydroxylation sites is 1. The second kappa shape index (κ2) is 8.58. The van der Waals surface area contributed by atoms with Crippen LogP contribution in [0.5, 0.6) is 11.5 Å². The number of allylic oxidation sites excluding steroid dienone is 7. The molecule has 1 N–H and O–H groups in total. The average Bonchev–Trinajstić information content (AvgIpc) is 3.17. The minimum Gasteiger partial charge on any atom is -0.507 e. The van der Waals surface area contributed by atoms with Crippen LogP contribution in [0.3, 0.4) is 0 Å². The lowest BCUT2D eigenvalue weighted by Gasteiger charge is -2.28. The predicted octanol–water partition coefficient (Wildman–Crippen LogP) is 7.23. The zero-order valence-corrected chi connectivity index (χ0v) is 20.3. The predicted molar refractivity (Wildman–Crippen MR) is 139 cm³/mol. The average molecular weight is 484 g/mol. The summed E-state index contributed by atoms with van der Waals surface area (Å²) < 4.78 is 8.03. The third-order valence-corrected chi connectivity index (χ3v) is 7.73. The molecule has 1 saturated carbocycles. The molecule has 1 atom stereocenters. The highest BCUT2D eigenvalue weighted by molar-refractivity contribution is 6.38.